The number of anilines is 2. The molecule has 7 heteroatoms. The van der Waals surface area contributed by atoms with Gasteiger partial charge in [0.05, 0.1) is 12.7 Å². The van der Waals surface area contributed by atoms with Crippen LogP contribution in [0.5, 0.6) is 0 Å². The quantitative estimate of drug-likeness (QED) is 0.844. The Bertz CT molecular complexity index is 667. The number of hydrogen-bond acceptors (Lipinski definition) is 6. The summed E-state index contributed by atoms with van der Waals surface area (Å²) in [4.78, 5) is 27.5. The fourth-order valence-electron chi connectivity index (χ4n) is 1.68. The Hall–Kier alpha value is -2.41. The number of aromatic nitrogens is 1. The van der Waals surface area contributed by atoms with Gasteiger partial charge in [0.1, 0.15) is 5.69 Å². The average Bonchev–Trinajstić information content (AvgIpc) is 2.87. The number of carbonyl (C=O) groups is 2. The molecule has 0 aliphatic rings. The Morgan fingerprint density at radius 3 is 2.75 bits per heavy atom. The fraction of sp³-hybridized carbons (Fsp3) is 0.154. The molecule has 0 fully saturated rings. The van der Waals surface area contributed by atoms with Crippen molar-refractivity contribution in [2.75, 3.05) is 18.2 Å². The lowest BCUT2D eigenvalue weighted by Crippen LogP contribution is -2.14. The molecule has 1 heterocycles. The first kappa shape index (κ1) is 14.0. The molecule has 0 radical (unpaired) electrons. The molecule has 20 heavy (non-hydrogen) atoms. The number of nitrogens with one attached hydrogen (secondary N) is 1. The van der Waals surface area contributed by atoms with E-state index < -0.39 is 5.97 Å². The van der Waals surface area contributed by atoms with Crippen molar-refractivity contribution >= 4 is 34.0 Å². The first-order valence-corrected chi connectivity index (χ1v) is 6.61. The molecule has 1 aromatic carbocycles. The minimum Gasteiger partial charge on any atom is -0.465 e. The number of esters is 1. The van der Waals surface area contributed by atoms with E-state index in [1.165, 1.54) is 18.4 Å². The number of nitrogen functional groups attached to an aromatic ring is 1. The van der Waals surface area contributed by atoms with E-state index in [1.54, 1.807) is 30.5 Å². The molecule has 0 bridgehead atoms. The van der Waals surface area contributed by atoms with Gasteiger partial charge in [-0.05, 0) is 24.6 Å². The zero-order chi connectivity index (χ0) is 14.7. The smallest absolute Gasteiger partial charge is 0.338 e. The van der Waals surface area contributed by atoms with Crippen molar-refractivity contribution in [1.82, 2.24) is 4.98 Å². The van der Waals surface area contributed by atoms with Gasteiger partial charge in [0, 0.05) is 11.1 Å². The number of amides is 1. The van der Waals surface area contributed by atoms with E-state index in [-0.39, 0.29) is 11.6 Å². The number of nitrogens with zero attached hydrogens (tertiary/aromatic N) is 1. The first-order chi connectivity index (χ1) is 9.52. The van der Waals surface area contributed by atoms with E-state index in [9.17, 15) is 9.59 Å². The van der Waals surface area contributed by atoms with Crippen LogP contribution >= 0.6 is 11.3 Å². The van der Waals surface area contributed by atoms with E-state index >= 15 is 0 Å². The summed E-state index contributed by atoms with van der Waals surface area (Å²) in [6, 6.07) is 5.01. The molecule has 3 N–H and O–H groups in total. The van der Waals surface area contributed by atoms with E-state index in [2.05, 4.69) is 15.0 Å². The molecule has 0 spiro atoms. The fourth-order valence-corrected chi connectivity index (χ4v) is 2.22. The normalized spacial score (nSPS) is 10.1. The standard InChI is InChI=1S/C13H13N3O3S/c1-7-8(12(18)19-2)4-3-5-9(7)15-11(17)10-6-20-13(14)16-10/h3-6H,1-2H3,(H2,14,16)(H,15,17). The van der Waals surface area contributed by atoms with E-state index in [0.717, 1.165) is 0 Å². The monoisotopic (exact) mass is 291 g/mol. The van der Waals surface area contributed by atoms with Crippen LogP contribution in [0.25, 0.3) is 0 Å². The third-order valence-corrected chi connectivity index (χ3v) is 3.42. The summed E-state index contributed by atoms with van der Waals surface area (Å²) < 4.78 is 4.69. The average molecular weight is 291 g/mol. The number of thiazole rings is 1. The Morgan fingerprint density at radius 2 is 2.15 bits per heavy atom. The molecule has 0 aliphatic carbocycles. The van der Waals surface area contributed by atoms with Crippen LogP contribution in [0.1, 0.15) is 26.4 Å². The van der Waals surface area contributed by atoms with Gasteiger partial charge in [0.2, 0.25) is 0 Å². The third kappa shape index (κ3) is 2.77. The number of rotatable bonds is 3. The van der Waals surface area contributed by atoms with Gasteiger partial charge in [-0.25, -0.2) is 9.78 Å². The third-order valence-electron chi connectivity index (χ3n) is 2.74. The van der Waals surface area contributed by atoms with Gasteiger partial charge in [0.25, 0.3) is 5.91 Å². The number of carbonyl (C=O) groups excluding carboxylic acids is 2. The van der Waals surface area contributed by atoms with Gasteiger partial charge < -0.3 is 15.8 Å². The van der Waals surface area contributed by atoms with Crippen molar-refractivity contribution in [2.45, 2.75) is 6.92 Å². The number of hydrogen-bond donors (Lipinski definition) is 2. The summed E-state index contributed by atoms with van der Waals surface area (Å²) in [5.74, 6) is -0.820. The molecule has 6 nitrogen and oxygen atoms in total. The summed E-state index contributed by atoms with van der Waals surface area (Å²) in [6.07, 6.45) is 0. The van der Waals surface area contributed by atoms with Gasteiger partial charge >= 0.3 is 5.97 Å². The molecular formula is C13H13N3O3S. The van der Waals surface area contributed by atoms with E-state index in [1.807, 2.05) is 0 Å². The van der Waals surface area contributed by atoms with Gasteiger partial charge in [-0.15, -0.1) is 11.3 Å². The Kier molecular flexibility index (Phi) is 3.99. The lowest BCUT2D eigenvalue weighted by atomic mass is 10.1. The molecule has 0 saturated heterocycles. The number of nitrogens with two attached hydrogens (primary N) is 1. The summed E-state index contributed by atoms with van der Waals surface area (Å²) in [7, 11) is 1.31. The number of benzene rings is 1. The second-order valence-electron chi connectivity index (χ2n) is 3.99. The molecule has 0 saturated carbocycles. The second kappa shape index (κ2) is 5.70. The van der Waals surface area contributed by atoms with Crippen LogP contribution in [0, 0.1) is 6.92 Å². The molecule has 1 amide bonds. The highest BCUT2D eigenvalue weighted by atomic mass is 32.1. The molecule has 104 valence electrons. The largest absolute Gasteiger partial charge is 0.465 e. The highest BCUT2D eigenvalue weighted by molar-refractivity contribution is 7.13. The molecule has 1 aromatic heterocycles. The van der Waals surface area contributed by atoms with E-state index in [0.29, 0.717) is 21.9 Å². The predicted molar refractivity (Wildman–Crippen MR) is 77.0 cm³/mol. The Balaban J connectivity index is 2.26. The zero-order valence-electron chi connectivity index (χ0n) is 11.0. The molecule has 0 atom stereocenters. The SMILES string of the molecule is COC(=O)c1cccc(NC(=O)c2csc(N)n2)c1C. The van der Waals surface area contributed by atoms with Crippen LogP contribution in [0.15, 0.2) is 23.6 Å². The predicted octanol–water partition coefficient (Wildman–Crippen LogP) is 2.07. The summed E-state index contributed by atoms with van der Waals surface area (Å²) in [5.41, 5.74) is 7.31. The van der Waals surface area contributed by atoms with E-state index in [4.69, 9.17) is 5.73 Å². The Labute approximate surface area is 119 Å². The maximum absolute atomic E-state index is 12.0. The van der Waals surface area contributed by atoms with Crippen LogP contribution < -0.4 is 11.1 Å². The van der Waals surface area contributed by atoms with Crippen molar-refractivity contribution in [3.8, 4) is 0 Å². The first-order valence-electron chi connectivity index (χ1n) is 5.73. The van der Waals surface area contributed by atoms with Crippen molar-refractivity contribution in [3.05, 3.63) is 40.4 Å². The van der Waals surface area contributed by atoms with Gasteiger partial charge in [-0.2, -0.15) is 0 Å². The van der Waals surface area contributed by atoms with Crippen molar-refractivity contribution < 1.29 is 14.3 Å². The van der Waals surface area contributed by atoms with Crippen molar-refractivity contribution in [2.24, 2.45) is 0 Å². The van der Waals surface area contributed by atoms with Crippen molar-refractivity contribution in [3.63, 3.8) is 0 Å². The summed E-state index contributed by atoms with van der Waals surface area (Å²) >= 11 is 1.19. The lowest BCUT2D eigenvalue weighted by molar-refractivity contribution is 0.0599. The summed E-state index contributed by atoms with van der Waals surface area (Å²) in [6.45, 7) is 1.73. The van der Waals surface area contributed by atoms with Crippen LogP contribution in [-0.4, -0.2) is 24.0 Å². The van der Waals surface area contributed by atoms with Crippen molar-refractivity contribution in [1.29, 1.82) is 0 Å². The van der Waals surface area contributed by atoms with Gasteiger partial charge in [-0.1, -0.05) is 6.07 Å². The second-order valence-corrected chi connectivity index (χ2v) is 4.88. The molecule has 0 unspecified atom stereocenters. The number of methoxy groups -OCH3 is 1. The Morgan fingerprint density at radius 1 is 1.40 bits per heavy atom. The van der Waals surface area contributed by atoms with Gasteiger partial charge in [0.15, 0.2) is 5.13 Å². The van der Waals surface area contributed by atoms with Crippen LogP contribution in [0.4, 0.5) is 10.8 Å². The molecule has 2 rings (SSSR count). The maximum Gasteiger partial charge on any atom is 0.338 e. The molecule has 0 aliphatic heterocycles. The maximum atomic E-state index is 12.0. The van der Waals surface area contributed by atoms with Crippen LogP contribution in [-0.2, 0) is 4.74 Å². The molecule has 2 aromatic rings. The zero-order valence-corrected chi connectivity index (χ0v) is 11.8. The summed E-state index contributed by atoms with van der Waals surface area (Å²) in [5, 5.41) is 4.60. The highest BCUT2D eigenvalue weighted by Crippen LogP contribution is 2.21. The lowest BCUT2D eigenvalue weighted by Gasteiger charge is -2.10. The van der Waals surface area contributed by atoms with Gasteiger partial charge in [-0.3, -0.25) is 4.79 Å². The number of ether oxygens (including phenoxy) is 1. The topological polar surface area (TPSA) is 94.3 Å². The molecular weight excluding hydrogens is 278 g/mol. The minimum absolute atomic E-state index is 0.246. The van der Waals surface area contributed by atoms with Crippen LogP contribution in [0.2, 0.25) is 0 Å². The minimum atomic E-state index is -0.448. The highest BCUT2D eigenvalue weighted by Gasteiger charge is 2.15. The van der Waals surface area contributed by atoms with Crippen LogP contribution in [0.3, 0.4) is 0 Å².